The van der Waals surface area contributed by atoms with E-state index in [1.54, 1.807) is 18.2 Å². The van der Waals surface area contributed by atoms with Crippen molar-refractivity contribution in [3.8, 4) is 5.75 Å². The molecule has 2 heterocycles. The molecule has 0 atom stereocenters. The molecular formula is C21H20N2O4. The molecule has 0 bridgehead atoms. The number of benzene rings is 2. The standard InChI is InChI=1S/C21H20N2O4/c1-26-17-10-6-5-9-16(17)23-20(24)18(15-7-3-2-4-8-15)19(21(23)25)22-11-13-27-14-12-22/h2-10H,11-14H2,1H3. The fraction of sp³-hybridized carbons (Fsp3) is 0.238. The summed E-state index contributed by atoms with van der Waals surface area (Å²) in [7, 11) is 1.53. The van der Waals surface area contributed by atoms with Gasteiger partial charge in [0.15, 0.2) is 0 Å². The minimum atomic E-state index is -0.336. The van der Waals surface area contributed by atoms with E-state index in [2.05, 4.69) is 0 Å². The summed E-state index contributed by atoms with van der Waals surface area (Å²) < 4.78 is 10.8. The second-order valence-electron chi connectivity index (χ2n) is 6.31. The topological polar surface area (TPSA) is 59.1 Å². The number of nitrogens with zero attached hydrogens (tertiary/aromatic N) is 2. The van der Waals surface area contributed by atoms with E-state index in [0.717, 1.165) is 5.56 Å². The van der Waals surface area contributed by atoms with Crippen molar-refractivity contribution in [3.05, 3.63) is 65.9 Å². The van der Waals surface area contributed by atoms with E-state index in [4.69, 9.17) is 9.47 Å². The van der Waals surface area contributed by atoms with Gasteiger partial charge in [-0.05, 0) is 17.7 Å². The summed E-state index contributed by atoms with van der Waals surface area (Å²) in [5.74, 6) is -0.183. The predicted molar refractivity (Wildman–Crippen MR) is 101 cm³/mol. The summed E-state index contributed by atoms with van der Waals surface area (Å²) in [6.45, 7) is 2.21. The molecule has 27 heavy (non-hydrogen) atoms. The molecule has 0 aliphatic carbocycles. The van der Waals surface area contributed by atoms with Crippen LogP contribution in [-0.2, 0) is 14.3 Å². The molecular weight excluding hydrogens is 344 g/mol. The highest BCUT2D eigenvalue weighted by molar-refractivity contribution is 6.45. The van der Waals surface area contributed by atoms with E-state index >= 15 is 0 Å². The fourth-order valence-electron chi connectivity index (χ4n) is 3.50. The van der Waals surface area contributed by atoms with Crippen molar-refractivity contribution < 1.29 is 19.1 Å². The number of amides is 2. The van der Waals surface area contributed by atoms with Crippen LogP contribution in [0.1, 0.15) is 5.56 Å². The molecule has 4 rings (SSSR count). The van der Waals surface area contributed by atoms with Crippen molar-refractivity contribution in [1.82, 2.24) is 4.90 Å². The van der Waals surface area contributed by atoms with Gasteiger partial charge in [-0.15, -0.1) is 0 Å². The first kappa shape index (κ1) is 17.3. The molecule has 1 saturated heterocycles. The summed E-state index contributed by atoms with van der Waals surface area (Å²) in [4.78, 5) is 29.9. The number of imide groups is 1. The first-order valence-electron chi connectivity index (χ1n) is 8.86. The van der Waals surface area contributed by atoms with Gasteiger partial charge in [0, 0.05) is 13.1 Å². The smallest absolute Gasteiger partial charge is 0.282 e. The zero-order valence-corrected chi connectivity index (χ0v) is 15.1. The Hall–Kier alpha value is -3.12. The Balaban J connectivity index is 1.84. The lowest BCUT2D eigenvalue weighted by molar-refractivity contribution is -0.121. The van der Waals surface area contributed by atoms with Crippen LogP contribution < -0.4 is 9.64 Å². The lowest BCUT2D eigenvalue weighted by Crippen LogP contribution is -2.40. The van der Waals surface area contributed by atoms with Crippen molar-refractivity contribution in [2.45, 2.75) is 0 Å². The van der Waals surface area contributed by atoms with E-state index in [1.165, 1.54) is 12.0 Å². The third-order valence-electron chi connectivity index (χ3n) is 4.78. The van der Waals surface area contributed by atoms with Gasteiger partial charge >= 0.3 is 0 Å². The van der Waals surface area contributed by atoms with Gasteiger partial charge in [-0.3, -0.25) is 9.59 Å². The number of methoxy groups -OCH3 is 1. The Labute approximate surface area is 157 Å². The van der Waals surface area contributed by atoms with E-state index in [0.29, 0.717) is 49.0 Å². The van der Waals surface area contributed by atoms with Gasteiger partial charge in [-0.25, -0.2) is 4.90 Å². The summed E-state index contributed by atoms with van der Waals surface area (Å²) >= 11 is 0. The molecule has 0 unspecified atom stereocenters. The molecule has 0 N–H and O–H groups in total. The third kappa shape index (κ3) is 2.98. The number of morpholine rings is 1. The first-order chi connectivity index (χ1) is 13.2. The van der Waals surface area contributed by atoms with E-state index in [-0.39, 0.29) is 11.8 Å². The summed E-state index contributed by atoms with van der Waals surface area (Å²) in [5.41, 5.74) is 2.04. The molecule has 2 aliphatic heterocycles. The highest BCUT2D eigenvalue weighted by atomic mass is 16.5. The van der Waals surface area contributed by atoms with Crippen molar-refractivity contribution >= 4 is 23.1 Å². The molecule has 138 valence electrons. The number of para-hydroxylation sites is 2. The normalized spacial score (nSPS) is 17.7. The van der Waals surface area contributed by atoms with E-state index in [9.17, 15) is 9.59 Å². The van der Waals surface area contributed by atoms with Gasteiger partial charge in [0.2, 0.25) is 0 Å². The van der Waals surface area contributed by atoms with Crippen LogP contribution in [-0.4, -0.2) is 50.1 Å². The molecule has 2 aliphatic rings. The second-order valence-corrected chi connectivity index (χ2v) is 6.31. The SMILES string of the molecule is COc1ccccc1N1C(=O)C(c2ccccc2)=C(N2CCOCC2)C1=O. The van der Waals surface area contributed by atoms with Crippen LogP contribution in [0, 0.1) is 0 Å². The molecule has 0 radical (unpaired) electrons. The predicted octanol–water partition coefficient (Wildman–Crippen LogP) is 2.31. The molecule has 2 aromatic carbocycles. The number of ether oxygens (including phenoxy) is 2. The van der Waals surface area contributed by atoms with Gasteiger partial charge in [0.05, 0.1) is 31.6 Å². The number of anilines is 1. The van der Waals surface area contributed by atoms with E-state index in [1.807, 2.05) is 41.3 Å². The number of hydrogen-bond donors (Lipinski definition) is 0. The molecule has 1 fully saturated rings. The average Bonchev–Trinajstić information content (AvgIpc) is 2.99. The van der Waals surface area contributed by atoms with E-state index < -0.39 is 0 Å². The van der Waals surface area contributed by atoms with Crippen LogP contribution in [0.2, 0.25) is 0 Å². The maximum absolute atomic E-state index is 13.4. The van der Waals surface area contributed by atoms with Crippen LogP contribution in [0.3, 0.4) is 0 Å². The number of rotatable bonds is 4. The van der Waals surface area contributed by atoms with Crippen molar-refractivity contribution in [2.24, 2.45) is 0 Å². The lowest BCUT2D eigenvalue weighted by Gasteiger charge is -2.29. The maximum atomic E-state index is 13.4. The minimum absolute atomic E-state index is 0.328. The highest BCUT2D eigenvalue weighted by Gasteiger charge is 2.43. The van der Waals surface area contributed by atoms with Gasteiger partial charge in [0.25, 0.3) is 11.8 Å². The van der Waals surface area contributed by atoms with Crippen LogP contribution in [0.25, 0.3) is 5.57 Å². The summed E-state index contributed by atoms with van der Waals surface area (Å²) in [5, 5.41) is 0. The van der Waals surface area contributed by atoms with Gasteiger partial charge < -0.3 is 14.4 Å². The lowest BCUT2D eigenvalue weighted by atomic mass is 10.0. The van der Waals surface area contributed by atoms with Crippen LogP contribution in [0.15, 0.2) is 60.3 Å². The van der Waals surface area contributed by atoms with Gasteiger partial charge in [-0.2, -0.15) is 0 Å². The van der Waals surface area contributed by atoms with Crippen LogP contribution >= 0.6 is 0 Å². The molecule has 0 saturated carbocycles. The van der Waals surface area contributed by atoms with Crippen LogP contribution in [0.5, 0.6) is 5.75 Å². The van der Waals surface area contributed by atoms with Gasteiger partial charge in [-0.1, -0.05) is 42.5 Å². The summed E-state index contributed by atoms with van der Waals surface area (Å²) in [6.07, 6.45) is 0. The van der Waals surface area contributed by atoms with Crippen LogP contribution in [0.4, 0.5) is 5.69 Å². The molecule has 6 heteroatoms. The zero-order valence-electron chi connectivity index (χ0n) is 15.1. The largest absolute Gasteiger partial charge is 0.495 e. The van der Waals surface area contributed by atoms with Crippen molar-refractivity contribution in [3.63, 3.8) is 0 Å². The Morgan fingerprint density at radius 1 is 0.889 bits per heavy atom. The Kier molecular flexibility index (Phi) is 4.64. The summed E-state index contributed by atoms with van der Waals surface area (Å²) in [6, 6.07) is 16.4. The van der Waals surface area contributed by atoms with Crippen molar-refractivity contribution in [1.29, 1.82) is 0 Å². The minimum Gasteiger partial charge on any atom is -0.495 e. The Bertz CT molecular complexity index is 901. The quantitative estimate of drug-likeness (QED) is 0.780. The highest BCUT2D eigenvalue weighted by Crippen LogP contribution is 2.38. The Morgan fingerprint density at radius 2 is 1.56 bits per heavy atom. The molecule has 2 amide bonds. The first-order valence-corrected chi connectivity index (χ1v) is 8.86. The van der Waals surface area contributed by atoms with Gasteiger partial charge in [0.1, 0.15) is 11.4 Å². The molecule has 0 spiro atoms. The molecule has 0 aromatic heterocycles. The maximum Gasteiger partial charge on any atom is 0.282 e. The second kappa shape index (κ2) is 7.25. The fourth-order valence-corrected chi connectivity index (χ4v) is 3.50. The monoisotopic (exact) mass is 364 g/mol. The number of carbonyl (C=O) groups excluding carboxylic acids is 2. The number of hydrogen-bond acceptors (Lipinski definition) is 5. The van der Waals surface area contributed by atoms with Crippen molar-refractivity contribution in [2.75, 3.05) is 38.3 Å². The zero-order chi connectivity index (χ0) is 18.8. The third-order valence-corrected chi connectivity index (χ3v) is 4.78. The molecule has 6 nitrogen and oxygen atoms in total. The average molecular weight is 364 g/mol. The molecule has 2 aromatic rings. The number of carbonyl (C=O) groups is 2. The Morgan fingerprint density at radius 3 is 2.26 bits per heavy atom.